The zero-order valence-electron chi connectivity index (χ0n) is 22.3. The van der Waals surface area contributed by atoms with E-state index in [-0.39, 0.29) is 23.4 Å². The van der Waals surface area contributed by atoms with E-state index >= 15 is 0 Å². The molecule has 5 heteroatoms. The standard InChI is InChI=1S/C32H41FN2O2/c1-31-20-24-21-34-35(27-16-14-26(33)15-17-27)28(24)19-25(31)13-8-18-32(31)36-29(22-9-4-2-5-10-22)30(37-32)23-11-6-3-7-12-23/h14-17,19,21-23,29-30H,2-13,18,20H2,1H3/t29-,30-,31?/m1/s1. The Morgan fingerprint density at radius 2 is 1.49 bits per heavy atom. The van der Waals surface area contributed by atoms with Crippen LogP contribution >= 0.6 is 0 Å². The van der Waals surface area contributed by atoms with Gasteiger partial charge in [-0.1, -0.05) is 51.0 Å². The van der Waals surface area contributed by atoms with Gasteiger partial charge in [0.1, 0.15) is 5.82 Å². The molecule has 1 aliphatic heterocycles. The van der Waals surface area contributed by atoms with Crippen molar-refractivity contribution in [3.63, 3.8) is 0 Å². The van der Waals surface area contributed by atoms with Crippen LogP contribution in [0.1, 0.15) is 102 Å². The zero-order valence-corrected chi connectivity index (χ0v) is 22.3. The van der Waals surface area contributed by atoms with Gasteiger partial charge in [0.15, 0.2) is 5.79 Å². The maximum Gasteiger partial charge on any atom is 0.178 e. The molecule has 4 fully saturated rings. The molecule has 1 unspecified atom stereocenters. The summed E-state index contributed by atoms with van der Waals surface area (Å²) >= 11 is 0. The highest BCUT2D eigenvalue weighted by atomic mass is 19.1. The van der Waals surface area contributed by atoms with Gasteiger partial charge in [0.05, 0.1) is 29.8 Å². The highest BCUT2D eigenvalue weighted by molar-refractivity contribution is 5.62. The molecule has 0 radical (unpaired) electrons. The lowest BCUT2D eigenvalue weighted by atomic mass is 9.62. The van der Waals surface area contributed by atoms with Crippen LogP contribution in [0.3, 0.4) is 0 Å². The fraction of sp³-hybridized carbons (Fsp3) is 0.656. The molecule has 0 N–H and O–H groups in total. The smallest absolute Gasteiger partial charge is 0.178 e. The molecule has 0 bridgehead atoms. The minimum absolute atomic E-state index is 0.189. The highest BCUT2D eigenvalue weighted by Crippen LogP contribution is 2.60. The van der Waals surface area contributed by atoms with E-state index in [1.54, 1.807) is 0 Å². The quantitative estimate of drug-likeness (QED) is 0.428. The fourth-order valence-corrected chi connectivity index (χ4v) is 8.44. The molecule has 5 aliphatic rings. The Kier molecular flexibility index (Phi) is 6.08. The van der Waals surface area contributed by atoms with Gasteiger partial charge in [-0.2, -0.15) is 5.10 Å². The third kappa shape index (κ3) is 3.95. The predicted molar refractivity (Wildman–Crippen MR) is 143 cm³/mol. The van der Waals surface area contributed by atoms with E-state index in [1.165, 1.54) is 87.5 Å². The van der Waals surface area contributed by atoms with Gasteiger partial charge in [-0.25, -0.2) is 9.07 Å². The molecule has 37 heavy (non-hydrogen) atoms. The summed E-state index contributed by atoms with van der Waals surface area (Å²) < 4.78 is 30.2. The summed E-state index contributed by atoms with van der Waals surface area (Å²) in [6, 6.07) is 6.64. The second kappa shape index (κ2) is 9.34. The van der Waals surface area contributed by atoms with E-state index in [1.807, 2.05) is 23.0 Å². The Morgan fingerprint density at radius 1 is 0.865 bits per heavy atom. The number of halogens is 1. The largest absolute Gasteiger partial charge is 0.343 e. The van der Waals surface area contributed by atoms with Crippen LogP contribution in [0.5, 0.6) is 0 Å². The van der Waals surface area contributed by atoms with Crippen LogP contribution in [0, 0.1) is 23.1 Å². The Balaban J connectivity index is 1.24. The van der Waals surface area contributed by atoms with E-state index in [0.717, 1.165) is 37.1 Å². The van der Waals surface area contributed by atoms with E-state index in [0.29, 0.717) is 11.8 Å². The number of hydrogen-bond acceptors (Lipinski definition) is 3. The van der Waals surface area contributed by atoms with Crippen LogP contribution in [0.25, 0.3) is 11.8 Å². The monoisotopic (exact) mass is 504 g/mol. The van der Waals surface area contributed by atoms with E-state index in [9.17, 15) is 4.39 Å². The number of benzene rings is 1. The maximum absolute atomic E-state index is 13.6. The molecule has 7 rings (SSSR count). The van der Waals surface area contributed by atoms with Crippen molar-refractivity contribution in [2.24, 2.45) is 17.3 Å². The number of ether oxygens (including phenoxy) is 2. The third-order valence-corrected chi connectivity index (χ3v) is 10.5. The lowest BCUT2D eigenvalue weighted by molar-refractivity contribution is -0.253. The molecule has 1 aromatic carbocycles. The molecular formula is C32H41FN2O2. The number of fused-ring (bicyclic) bond motifs is 3. The first-order valence-electron chi connectivity index (χ1n) is 15.0. The number of aromatic nitrogens is 2. The molecule has 0 amide bonds. The molecule has 3 saturated carbocycles. The molecular weight excluding hydrogens is 463 g/mol. The van der Waals surface area contributed by atoms with Gasteiger partial charge in [-0.05, 0) is 92.7 Å². The topological polar surface area (TPSA) is 36.3 Å². The predicted octanol–water partition coefficient (Wildman–Crippen LogP) is 7.78. The van der Waals surface area contributed by atoms with E-state index < -0.39 is 5.79 Å². The van der Waals surface area contributed by atoms with Gasteiger partial charge >= 0.3 is 0 Å². The molecule has 1 aromatic heterocycles. The summed E-state index contributed by atoms with van der Waals surface area (Å²) in [6.07, 6.45) is 22.1. The molecule has 4 nitrogen and oxygen atoms in total. The minimum atomic E-state index is -0.545. The van der Waals surface area contributed by atoms with Gasteiger partial charge < -0.3 is 9.47 Å². The van der Waals surface area contributed by atoms with Gasteiger partial charge in [0.25, 0.3) is 0 Å². The summed E-state index contributed by atoms with van der Waals surface area (Å²) in [5.74, 6) is 0.508. The first-order chi connectivity index (χ1) is 18.1. The van der Waals surface area contributed by atoms with Gasteiger partial charge in [-0.15, -0.1) is 0 Å². The maximum atomic E-state index is 13.6. The first-order valence-corrected chi connectivity index (χ1v) is 15.0. The summed E-state index contributed by atoms with van der Waals surface area (Å²) in [6.45, 7) is 2.40. The van der Waals surface area contributed by atoms with E-state index in [4.69, 9.17) is 14.6 Å². The molecule has 1 saturated heterocycles. The third-order valence-electron chi connectivity index (χ3n) is 10.5. The molecule has 2 aromatic rings. The Hall–Kier alpha value is -1.98. The normalized spacial score (nSPS) is 32.2. The second-order valence-electron chi connectivity index (χ2n) is 12.7. The van der Waals surface area contributed by atoms with Crippen LogP contribution in [-0.4, -0.2) is 27.8 Å². The number of rotatable bonds is 3. The number of hydrogen-bond donors (Lipinski definition) is 0. The second-order valence-corrected chi connectivity index (χ2v) is 12.7. The zero-order chi connectivity index (χ0) is 25.0. The van der Waals surface area contributed by atoms with E-state index in [2.05, 4.69) is 13.0 Å². The van der Waals surface area contributed by atoms with Gasteiger partial charge in [-0.3, -0.25) is 0 Å². The first kappa shape index (κ1) is 24.1. The van der Waals surface area contributed by atoms with Crippen molar-refractivity contribution in [1.82, 2.24) is 9.78 Å². The van der Waals surface area contributed by atoms with Crippen molar-refractivity contribution in [2.75, 3.05) is 0 Å². The van der Waals surface area contributed by atoms with Crippen molar-refractivity contribution in [3.05, 3.63) is 53.1 Å². The van der Waals surface area contributed by atoms with Gasteiger partial charge in [0.2, 0.25) is 0 Å². The Morgan fingerprint density at radius 3 is 2.11 bits per heavy atom. The van der Waals surface area contributed by atoms with Crippen molar-refractivity contribution in [1.29, 1.82) is 0 Å². The van der Waals surface area contributed by atoms with Crippen LogP contribution in [0.4, 0.5) is 4.39 Å². The van der Waals surface area contributed by atoms with Gasteiger partial charge in [0, 0.05) is 11.8 Å². The fourth-order valence-electron chi connectivity index (χ4n) is 8.44. The Bertz CT molecular complexity index is 1130. The summed E-state index contributed by atoms with van der Waals surface area (Å²) in [5, 5.41) is 4.75. The highest BCUT2D eigenvalue weighted by Gasteiger charge is 2.63. The van der Waals surface area contributed by atoms with Crippen LogP contribution in [-0.2, 0) is 15.9 Å². The summed E-state index contributed by atoms with van der Waals surface area (Å²) in [4.78, 5) is 0. The average Bonchev–Trinajstić information content (AvgIpc) is 3.52. The van der Waals surface area contributed by atoms with Crippen molar-refractivity contribution < 1.29 is 13.9 Å². The molecule has 1 spiro atoms. The average molecular weight is 505 g/mol. The van der Waals surface area contributed by atoms with Crippen molar-refractivity contribution in [2.45, 2.75) is 115 Å². The number of nitrogens with zero attached hydrogens (tertiary/aromatic N) is 2. The molecule has 2 heterocycles. The lowest BCUT2D eigenvalue weighted by Gasteiger charge is -2.51. The SMILES string of the molecule is CC12Cc3cnn(-c4ccc(F)cc4)c3C=C1CCCC21O[C@H](C2CCCCC2)[C@@H](C2CCCCC2)O1. The van der Waals surface area contributed by atoms with Crippen molar-refractivity contribution in [3.8, 4) is 5.69 Å². The summed E-state index contributed by atoms with van der Waals surface area (Å²) in [7, 11) is 0. The lowest BCUT2D eigenvalue weighted by Crippen LogP contribution is -2.54. The van der Waals surface area contributed by atoms with Crippen LogP contribution < -0.4 is 0 Å². The molecule has 4 aliphatic carbocycles. The summed E-state index contributed by atoms with van der Waals surface area (Å²) in [5.41, 5.74) is 4.50. The van der Waals surface area contributed by atoms with Crippen LogP contribution in [0.15, 0.2) is 36.0 Å². The van der Waals surface area contributed by atoms with Crippen molar-refractivity contribution >= 4 is 6.08 Å². The van der Waals surface area contributed by atoms with Crippen LogP contribution in [0.2, 0.25) is 0 Å². The molecule has 3 atom stereocenters. The Labute approximate surface area is 220 Å². The molecule has 198 valence electrons. The minimum Gasteiger partial charge on any atom is -0.343 e.